The highest BCUT2D eigenvalue weighted by molar-refractivity contribution is 7.80. The van der Waals surface area contributed by atoms with E-state index in [1.54, 1.807) is 30.3 Å². The van der Waals surface area contributed by atoms with Gasteiger partial charge in [0.1, 0.15) is 42.3 Å². The van der Waals surface area contributed by atoms with E-state index in [0.717, 1.165) is 0 Å². The number of carbonyl (C=O) groups excluding carboxylic acids is 8. The van der Waals surface area contributed by atoms with Crippen molar-refractivity contribution in [2.24, 2.45) is 33.7 Å². The number of amides is 8. The second-order valence-electron chi connectivity index (χ2n) is 13.7. The van der Waals surface area contributed by atoms with Gasteiger partial charge in [-0.15, -0.1) is 0 Å². The highest BCUT2D eigenvalue weighted by atomic mass is 32.1. The summed E-state index contributed by atoms with van der Waals surface area (Å²) in [5.41, 5.74) is 27.2. The van der Waals surface area contributed by atoms with Gasteiger partial charge in [0.05, 0.1) is 19.6 Å². The molecule has 0 radical (unpaired) electrons. The maximum atomic E-state index is 13.7. The lowest BCUT2D eigenvalue weighted by Gasteiger charge is -2.26. The van der Waals surface area contributed by atoms with Gasteiger partial charge in [-0.25, -0.2) is 4.79 Å². The predicted molar refractivity (Wildman–Crippen MR) is 224 cm³/mol. The fraction of sp³-hybridized carbons (Fsp3) is 0.556. The molecule has 1 aromatic carbocycles. The van der Waals surface area contributed by atoms with Crippen LogP contribution in [0.25, 0.3) is 0 Å². The Morgan fingerprint density at radius 1 is 0.656 bits per heavy atom. The number of carboxylic acid groups (broad SMARTS) is 1. The minimum absolute atomic E-state index is 0.0114. The van der Waals surface area contributed by atoms with Crippen LogP contribution in [0.4, 0.5) is 0 Å². The Balaban J connectivity index is 3.20. The van der Waals surface area contributed by atoms with Gasteiger partial charge in [-0.05, 0) is 51.1 Å². The number of carboxylic acids is 1. The van der Waals surface area contributed by atoms with Crippen LogP contribution in [-0.4, -0.2) is 144 Å². The summed E-state index contributed by atoms with van der Waals surface area (Å²) in [5, 5.41) is 36.4. The summed E-state index contributed by atoms with van der Waals surface area (Å²) in [7, 11) is 0. The van der Waals surface area contributed by atoms with Gasteiger partial charge in [0.2, 0.25) is 47.3 Å². The van der Waals surface area contributed by atoms with E-state index in [0.29, 0.717) is 18.4 Å². The Hall–Kier alpha value is -6.05. The molecule has 24 nitrogen and oxygen atoms in total. The number of unbranched alkanes of at least 4 members (excludes halogenated alkanes) is 1. The van der Waals surface area contributed by atoms with Crippen molar-refractivity contribution in [3.63, 3.8) is 0 Å². The van der Waals surface area contributed by atoms with E-state index in [-0.39, 0.29) is 50.5 Å². The van der Waals surface area contributed by atoms with Crippen LogP contribution < -0.4 is 65.9 Å². The summed E-state index contributed by atoms with van der Waals surface area (Å²) in [5.74, 6) is -9.12. The molecule has 7 atom stereocenters. The van der Waals surface area contributed by atoms with Gasteiger partial charge in [0.25, 0.3) is 0 Å². The number of primary amides is 1. The molecule has 0 aliphatic heterocycles. The summed E-state index contributed by atoms with van der Waals surface area (Å²) in [6, 6.07) is -1.59. The van der Waals surface area contributed by atoms with Crippen LogP contribution in [0.1, 0.15) is 51.0 Å². The molecule has 25 heteroatoms. The number of nitrogens with two attached hydrogens (primary N) is 5. The van der Waals surface area contributed by atoms with Gasteiger partial charge < -0.3 is 76.1 Å². The molecule has 0 aliphatic rings. The van der Waals surface area contributed by atoms with Crippen molar-refractivity contribution in [2.75, 3.05) is 32.0 Å². The number of carbonyl (C=O) groups is 9. The number of guanidine groups is 1. The monoisotopic (exact) mass is 881 g/mol. The van der Waals surface area contributed by atoms with Crippen molar-refractivity contribution < 1.29 is 53.4 Å². The smallest absolute Gasteiger partial charge is 0.326 e. The summed E-state index contributed by atoms with van der Waals surface area (Å²) in [6.07, 6.45) is 0.214. The molecule has 340 valence electrons. The number of aliphatic hydroxyl groups excluding tert-OH is 1. The van der Waals surface area contributed by atoms with E-state index in [2.05, 4.69) is 54.8 Å². The summed E-state index contributed by atoms with van der Waals surface area (Å²) in [4.78, 5) is 119. The first-order valence-electron chi connectivity index (χ1n) is 19.2. The average molecular weight is 882 g/mol. The molecule has 1 aromatic rings. The van der Waals surface area contributed by atoms with Crippen LogP contribution in [0, 0.1) is 0 Å². The zero-order valence-corrected chi connectivity index (χ0v) is 34.7. The van der Waals surface area contributed by atoms with Crippen LogP contribution in [0.5, 0.6) is 0 Å². The lowest BCUT2D eigenvalue weighted by Crippen LogP contribution is -2.61. The predicted octanol–water partition coefficient (Wildman–Crippen LogP) is -6.33. The lowest BCUT2D eigenvalue weighted by molar-refractivity contribution is -0.142. The maximum absolute atomic E-state index is 13.7. The fourth-order valence-corrected chi connectivity index (χ4v) is 5.66. The number of aliphatic carboxylic acids is 1. The Morgan fingerprint density at radius 2 is 1.18 bits per heavy atom. The molecular weight excluding hydrogens is 823 g/mol. The molecule has 0 saturated carbocycles. The Kier molecular flexibility index (Phi) is 24.7. The third-order valence-corrected chi connectivity index (χ3v) is 9.05. The number of thiol groups is 1. The van der Waals surface area contributed by atoms with Crippen molar-refractivity contribution in [1.82, 2.24) is 37.2 Å². The molecule has 0 aliphatic carbocycles. The number of hydrogen-bond donors (Lipinski definition) is 15. The first-order valence-corrected chi connectivity index (χ1v) is 19.8. The molecule has 61 heavy (non-hydrogen) atoms. The molecule has 0 spiro atoms. The van der Waals surface area contributed by atoms with E-state index in [1.165, 1.54) is 6.92 Å². The Bertz CT molecular complexity index is 1690. The molecule has 0 bridgehead atoms. The first-order chi connectivity index (χ1) is 28.9. The number of rotatable bonds is 29. The van der Waals surface area contributed by atoms with Gasteiger partial charge in [-0.1, -0.05) is 30.3 Å². The van der Waals surface area contributed by atoms with Crippen molar-refractivity contribution in [1.29, 1.82) is 0 Å². The maximum Gasteiger partial charge on any atom is 0.326 e. The lowest BCUT2D eigenvalue weighted by atomic mass is 10.0. The van der Waals surface area contributed by atoms with Crippen LogP contribution in [0.3, 0.4) is 0 Å². The minimum atomic E-state index is -1.68. The minimum Gasteiger partial charge on any atom is -0.480 e. The third-order valence-electron chi connectivity index (χ3n) is 8.68. The first kappa shape index (κ1) is 53.0. The zero-order chi connectivity index (χ0) is 46.1. The number of hydrogen-bond acceptors (Lipinski definition) is 14. The topological polar surface area (TPSA) is 421 Å². The number of aliphatic hydroxyl groups is 1. The molecule has 0 fully saturated rings. The average Bonchev–Trinajstić information content (AvgIpc) is 3.21. The molecular formula is C36H59N13O11S. The Labute approximate surface area is 357 Å². The molecule has 8 amide bonds. The molecule has 1 rings (SSSR count). The zero-order valence-electron chi connectivity index (χ0n) is 33.8. The highest BCUT2D eigenvalue weighted by Crippen LogP contribution is 2.07. The molecule has 19 N–H and O–H groups in total. The standard InChI is InChI=1S/C36H59N13O11S/c1-19(29(53)46-22(35(59)60)11-7-13-42-36(40)41)43-30(54)21(10-5-6-12-37)45-33(57)25(17-50)48-31(55)23(14-20-8-3-2-4-9-20)47-34(58)26(18-61)49-32(56)24(15-27(39)51)44-28(52)16-38/h2-4,8-9,19,21-26,50,61H,5-7,10-18,37-38H2,1H3,(H2,39,51)(H,43,54)(H,44,52)(H,45,57)(H,46,53)(H,47,58)(H,48,55)(H,49,56)(H,59,60)(H4,40,41,42)/t19-,21-,22-,23-,24-,25-,26-/m0/s1. The summed E-state index contributed by atoms with van der Waals surface area (Å²) < 4.78 is 0. The fourth-order valence-electron chi connectivity index (χ4n) is 5.40. The van der Waals surface area contributed by atoms with Crippen molar-refractivity contribution in [2.45, 2.75) is 94.2 Å². The second kappa shape index (κ2) is 28.4. The van der Waals surface area contributed by atoms with E-state index in [1.807, 2.05) is 0 Å². The van der Waals surface area contributed by atoms with Crippen LogP contribution in [0.15, 0.2) is 35.3 Å². The van der Waals surface area contributed by atoms with Crippen molar-refractivity contribution in [3.05, 3.63) is 35.9 Å². The largest absolute Gasteiger partial charge is 0.480 e. The number of nitrogens with zero attached hydrogens (tertiary/aromatic N) is 1. The summed E-state index contributed by atoms with van der Waals surface area (Å²) in [6.45, 7) is 0.188. The number of benzene rings is 1. The van der Waals surface area contributed by atoms with Gasteiger partial charge in [0, 0.05) is 18.7 Å². The molecule has 0 saturated heterocycles. The van der Waals surface area contributed by atoms with Gasteiger partial charge >= 0.3 is 5.97 Å². The SMILES string of the molecule is C[C@H](NC(=O)[C@H](CCCCN)NC(=O)[C@H](CO)NC(=O)[C@H](Cc1ccccc1)NC(=O)[C@H](CS)NC(=O)[C@H](CC(N)=O)NC(=O)CN)C(=O)N[C@@H](CCCN=C(N)N)C(=O)O. The molecule has 0 aromatic heterocycles. The summed E-state index contributed by atoms with van der Waals surface area (Å²) >= 11 is 4.12. The third kappa shape index (κ3) is 20.7. The second-order valence-corrected chi connectivity index (χ2v) is 14.0. The molecule has 0 heterocycles. The Morgan fingerprint density at radius 3 is 1.74 bits per heavy atom. The van der Waals surface area contributed by atoms with E-state index < -0.39 is 115 Å². The van der Waals surface area contributed by atoms with Gasteiger partial charge in [-0.3, -0.25) is 43.3 Å². The van der Waals surface area contributed by atoms with Crippen molar-refractivity contribution >= 4 is 71.8 Å². The van der Waals surface area contributed by atoms with E-state index in [4.69, 9.17) is 28.7 Å². The quantitative estimate of drug-likeness (QED) is 0.0154. The number of aliphatic imine (C=N–C) groups is 1. The number of nitrogens with one attached hydrogen (secondary N) is 7. The van der Waals surface area contributed by atoms with Crippen LogP contribution >= 0.6 is 12.6 Å². The van der Waals surface area contributed by atoms with Crippen LogP contribution in [-0.2, 0) is 49.6 Å². The van der Waals surface area contributed by atoms with Crippen molar-refractivity contribution in [3.8, 4) is 0 Å². The van der Waals surface area contributed by atoms with Gasteiger partial charge in [0.15, 0.2) is 5.96 Å². The van der Waals surface area contributed by atoms with Gasteiger partial charge in [-0.2, -0.15) is 12.6 Å². The van der Waals surface area contributed by atoms with E-state index in [9.17, 15) is 53.4 Å². The van der Waals surface area contributed by atoms with E-state index >= 15 is 0 Å². The molecule has 0 unspecified atom stereocenters. The normalized spacial score (nSPS) is 14.2. The highest BCUT2D eigenvalue weighted by Gasteiger charge is 2.33. The van der Waals surface area contributed by atoms with Crippen LogP contribution in [0.2, 0.25) is 0 Å².